The van der Waals surface area contributed by atoms with Gasteiger partial charge >= 0.3 is 5.69 Å². The number of nitro benzene ring substituents is 1. The van der Waals surface area contributed by atoms with Gasteiger partial charge in [0.25, 0.3) is 0 Å². The number of hydrogen-bond acceptors (Lipinski definition) is 4. The highest BCUT2D eigenvalue weighted by molar-refractivity contribution is 9.10. The van der Waals surface area contributed by atoms with E-state index in [4.69, 9.17) is 11.6 Å². The fraction of sp³-hybridized carbons (Fsp3) is 0. The predicted octanol–water partition coefficient (Wildman–Crippen LogP) is 3.26. The second-order valence-corrected chi connectivity index (χ2v) is 4.15. The lowest BCUT2D eigenvalue weighted by molar-refractivity contribution is -0.386. The van der Waals surface area contributed by atoms with Gasteiger partial charge < -0.3 is 5.11 Å². The van der Waals surface area contributed by atoms with Crippen molar-refractivity contribution in [3.8, 4) is 5.75 Å². The lowest BCUT2D eigenvalue weighted by atomic mass is 10.2. The minimum Gasteiger partial charge on any atom is -0.501 e. The van der Waals surface area contributed by atoms with Gasteiger partial charge in [0, 0.05) is 11.6 Å². The molecule has 1 aromatic carbocycles. The lowest BCUT2D eigenvalue weighted by Gasteiger charge is -2.05. The first kappa shape index (κ1) is 11.1. The Balaban J connectivity index is 3.00. The van der Waals surface area contributed by atoms with Crippen LogP contribution in [0.25, 0.3) is 10.9 Å². The topological polar surface area (TPSA) is 76.3 Å². The summed E-state index contributed by atoms with van der Waals surface area (Å²) in [5.41, 5.74) is -0.362. The zero-order valence-corrected chi connectivity index (χ0v) is 9.99. The van der Waals surface area contributed by atoms with Gasteiger partial charge in [0.15, 0.2) is 0 Å². The van der Waals surface area contributed by atoms with E-state index in [-0.39, 0.29) is 15.0 Å². The molecule has 0 unspecified atom stereocenters. The molecule has 1 N–H and O–H groups in total. The van der Waals surface area contributed by atoms with Gasteiger partial charge in [0.2, 0.25) is 5.75 Å². The zero-order chi connectivity index (χ0) is 11.9. The molecule has 2 aromatic rings. The van der Waals surface area contributed by atoms with Crippen molar-refractivity contribution in [1.29, 1.82) is 0 Å². The van der Waals surface area contributed by atoms with Gasteiger partial charge in [-0.3, -0.25) is 15.1 Å². The number of nitro groups is 1. The summed E-state index contributed by atoms with van der Waals surface area (Å²) in [6, 6.07) is 3.25. The maximum absolute atomic E-state index is 10.8. The van der Waals surface area contributed by atoms with Gasteiger partial charge in [0.05, 0.1) is 9.95 Å². The van der Waals surface area contributed by atoms with E-state index in [1.165, 1.54) is 6.20 Å². The molecule has 1 aromatic heterocycles. The number of aromatic hydroxyl groups is 1. The molecule has 82 valence electrons. The highest BCUT2D eigenvalue weighted by Gasteiger charge is 2.25. The normalized spacial score (nSPS) is 10.6. The SMILES string of the molecule is O=[N+]([O-])c1c(Br)c(Cl)c2cccnc2c1O. The summed E-state index contributed by atoms with van der Waals surface area (Å²) in [4.78, 5) is 13.9. The van der Waals surface area contributed by atoms with E-state index >= 15 is 0 Å². The summed E-state index contributed by atoms with van der Waals surface area (Å²) in [5.74, 6) is -0.489. The molecule has 0 aliphatic rings. The van der Waals surface area contributed by atoms with Gasteiger partial charge in [0.1, 0.15) is 9.99 Å². The van der Waals surface area contributed by atoms with E-state index in [0.29, 0.717) is 5.39 Å². The quantitative estimate of drug-likeness (QED) is 0.648. The second kappa shape index (κ2) is 3.88. The van der Waals surface area contributed by atoms with Crippen LogP contribution in [0.1, 0.15) is 0 Å². The number of fused-ring (bicyclic) bond motifs is 1. The van der Waals surface area contributed by atoms with Crippen LogP contribution in [0.2, 0.25) is 5.02 Å². The number of benzene rings is 1. The molecule has 0 radical (unpaired) electrons. The smallest absolute Gasteiger partial charge is 0.328 e. The molecule has 0 aliphatic heterocycles. The summed E-state index contributed by atoms with van der Waals surface area (Å²) in [6.07, 6.45) is 1.43. The number of phenolic OH excluding ortho intramolecular Hbond substituents is 1. The number of phenols is 1. The van der Waals surface area contributed by atoms with Crippen molar-refractivity contribution < 1.29 is 10.0 Å². The Morgan fingerprint density at radius 1 is 1.56 bits per heavy atom. The van der Waals surface area contributed by atoms with Gasteiger partial charge in [-0.25, -0.2) is 0 Å². The molecule has 0 spiro atoms. The van der Waals surface area contributed by atoms with Crippen molar-refractivity contribution in [3.05, 3.63) is 37.9 Å². The molecule has 0 bridgehead atoms. The van der Waals surface area contributed by atoms with E-state index in [2.05, 4.69) is 20.9 Å². The minimum absolute atomic E-state index is 0.0529. The van der Waals surface area contributed by atoms with Crippen LogP contribution in [0.5, 0.6) is 5.75 Å². The average molecular weight is 303 g/mol. The molecule has 7 heteroatoms. The molecule has 1 heterocycles. The number of hydrogen-bond donors (Lipinski definition) is 1. The van der Waals surface area contributed by atoms with Crippen molar-refractivity contribution in [3.63, 3.8) is 0 Å². The number of halogens is 2. The maximum atomic E-state index is 10.8. The highest BCUT2D eigenvalue weighted by atomic mass is 79.9. The molecule has 0 atom stereocenters. The first-order valence-electron chi connectivity index (χ1n) is 4.13. The molecular formula is C9H4BrClN2O3. The fourth-order valence-corrected chi connectivity index (χ4v) is 2.16. The molecule has 0 aliphatic carbocycles. The molecule has 0 saturated heterocycles. The second-order valence-electron chi connectivity index (χ2n) is 2.98. The fourth-order valence-electron chi connectivity index (χ4n) is 1.38. The first-order chi connectivity index (χ1) is 7.54. The Kier molecular flexibility index (Phi) is 2.69. The summed E-state index contributed by atoms with van der Waals surface area (Å²) < 4.78 is 0.0529. The van der Waals surface area contributed by atoms with Gasteiger partial charge in [-0.05, 0) is 28.1 Å². The molecule has 0 saturated carbocycles. The van der Waals surface area contributed by atoms with Gasteiger partial charge in [-0.1, -0.05) is 11.6 Å². The van der Waals surface area contributed by atoms with Crippen molar-refractivity contribution in [2.24, 2.45) is 0 Å². The van der Waals surface area contributed by atoms with E-state index in [0.717, 1.165) is 0 Å². The summed E-state index contributed by atoms with van der Waals surface area (Å²) in [5, 5.41) is 21.1. The minimum atomic E-state index is -0.709. The van der Waals surface area contributed by atoms with Crippen LogP contribution in [-0.4, -0.2) is 15.0 Å². The third-order valence-electron chi connectivity index (χ3n) is 2.08. The van der Waals surface area contributed by atoms with Crippen molar-refractivity contribution in [2.75, 3.05) is 0 Å². The average Bonchev–Trinajstić information content (AvgIpc) is 2.26. The predicted molar refractivity (Wildman–Crippen MR) is 62.8 cm³/mol. The molecular weight excluding hydrogens is 299 g/mol. The Hall–Kier alpha value is -1.40. The number of pyridine rings is 1. The molecule has 2 rings (SSSR count). The van der Waals surface area contributed by atoms with Gasteiger partial charge in [-0.2, -0.15) is 0 Å². The lowest BCUT2D eigenvalue weighted by Crippen LogP contribution is -1.93. The van der Waals surface area contributed by atoms with Crippen LogP contribution in [0.4, 0.5) is 5.69 Å². The van der Waals surface area contributed by atoms with Crippen LogP contribution < -0.4 is 0 Å². The standard InChI is InChI=1S/C9H4BrClN2O3/c10-5-6(11)4-2-1-3-12-7(4)9(14)8(5)13(15)16/h1-3,14H. The molecule has 0 amide bonds. The first-order valence-corrected chi connectivity index (χ1v) is 5.30. The monoisotopic (exact) mass is 302 g/mol. The zero-order valence-electron chi connectivity index (χ0n) is 7.65. The van der Waals surface area contributed by atoms with Crippen molar-refractivity contribution in [2.45, 2.75) is 0 Å². The number of aromatic nitrogens is 1. The Bertz CT molecular complexity index is 603. The summed E-state index contributed by atoms with van der Waals surface area (Å²) in [6.45, 7) is 0. The van der Waals surface area contributed by atoms with E-state index < -0.39 is 16.4 Å². The van der Waals surface area contributed by atoms with Crippen molar-refractivity contribution >= 4 is 44.1 Å². The van der Waals surface area contributed by atoms with Crippen molar-refractivity contribution in [1.82, 2.24) is 4.98 Å². The third kappa shape index (κ3) is 1.50. The summed E-state index contributed by atoms with van der Waals surface area (Å²) >= 11 is 8.94. The Morgan fingerprint density at radius 3 is 2.88 bits per heavy atom. The van der Waals surface area contributed by atoms with E-state index in [1.807, 2.05) is 0 Å². The van der Waals surface area contributed by atoms with Crippen LogP contribution in [0, 0.1) is 10.1 Å². The van der Waals surface area contributed by atoms with Crippen LogP contribution in [0.3, 0.4) is 0 Å². The van der Waals surface area contributed by atoms with Crippen LogP contribution in [-0.2, 0) is 0 Å². The number of nitrogens with zero attached hydrogens (tertiary/aromatic N) is 2. The van der Waals surface area contributed by atoms with E-state index in [9.17, 15) is 15.2 Å². The Labute approximate surface area is 103 Å². The molecule has 16 heavy (non-hydrogen) atoms. The highest BCUT2D eigenvalue weighted by Crippen LogP contribution is 2.44. The van der Waals surface area contributed by atoms with Gasteiger partial charge in [-0.15, -0.1) is 0 Å². The van der Waals surface area contributed by atoms with Crippen LogP contribution >= 0.6 is 27.5 Å². The Morgan fingerprint density at radius 2 is 2.25 bits per heavy atom. The van der Waals surface area contributed by atoms with E-state index in [1.54, 1.807) is 12.1 Å². The third-order valence-corrected chi connectivity index (χ3v) is 3.47. The maximum Gasteiger partial charge on any atom is 0.328 e. The largest absolute Gasteiger partial charge is 0.501 e. The molecule has 0 fully saturated rings. The number of rotatable bonds is 1. The molecule has 5 nitrogen and oxygen atoms in total. The summed E-state index contributed by atoms with van der Waals surface area (Å²) in [7, 11) is 0. The van der Waals surface area contributed by atoms with Crippen LogP contribution in [0.15, 0.2) is 22.8 Å².